The van der Waals surface area contributed by atoms with E-state index in [2.05, 4.69) is 5.32 Å². The summed E-state index contributed by atoms with van der Waals surface area (Å²) in [6.45, 7) is 3.41. The van der Waals surface area contributed by atoms with Crippen LogP contribution < -0.4 is 5.32 Å². The Hall–Kier alpha value is -0.260. The smallest absolute Gasteiger partial charge is 0.143 e. The molecule has 1 saturated carbocycles. The van der Waals surface area contributed by atoms with Gasteiger partial charge in [0, 0.05) is 22.1 Å². The highest BCUT2D eigenvalue weighted by molar-refractivity contribution is 7.85. The lowest BCUT2D eigenvalue weighted by atomic mass is 10.1. The van der Waals surface area contributed by atoms with E-state index >= 15 is 0 Å². The van der Waals surface area contributed by atoms with Crippen LogP contribution in [0.3, 0.4) is 0 Å². The van der Waals surface area contributed by atoms with E-state index in [-0.39, 0.29) is 17.6 Å². The van der Waals surface area contributed by atoms with Crippen molar-refractivity contribution in [1.29, 1.82) is 0 Å². The van der Waals surface area contributed by atoms with E-state index in [1.807, 2.05) is 13.8 Å². The molecule has 1 aliphatic carbocycles. The highest BCUT2D eigenvalue weighted by atomic mass is 32.2. The van der Waals surface area contributed by atoms with Crippen LogP contribution in [-0.2, 0) is 15.6 Å². The molecular formula is C10H19NO3S. The third-order valence-electron chi connectivity index (χ3n) is 2.50. The van der Waals surface area contributed by atoms with Crippen molar-refractivity contribution in [3.63, 3.8) is 0 Å². The van der Waals surface area contributed by atoms with E-state index < -0.39 is 16.3 Å². The maximum Gasteiger partial charge on any atom is 0.143 e. The molecule has 1 rings (SSSR count). The summed E-state index contributed by atoms with van der Waals surface area (Å²) in [4.78, 5) is 11.0. The first-order valence-corrected chi connectivity index (χ1v) is 6.63. The van der Waals surface area contributed by atoms with Gasteiger partial charge in [0.1, 0.15) is 11.8 Å². The highest BCUT2D eigenvalue weighted by Crippen LogP contribution is 2.22. The molecule has 0 aromatic heterocycles. The molecular weight excluding hydrogens is 214 g/mol. The van der Waals surface area contributed by atoms with Crippen LogP contribution in [0.1, 0.15) is 26.7 Å². The second kappa shape index (κ2) is 5.18. The summed E-state index contributed by atoms with van der Waals surface area (Å²) in [6.07, 6.45) is 2.76. The molecule has 88 valence electrons. The van der Waals surface area contributed by atoms with Gasteiger partial charge in [0.05, 0.1) is 12.4 Å². The predicted molar refractivity (Wildman–Crippen MR) is 60.2 cm³/mol. The highest BCUT2D eigenvalue weighted by Gasteiger charge is 2.37. The number of hydrogen-bond acceptors (Lipinski definition) is 4. The summed E-state index contributed by atoms with van der Waals surface area (Å²) >= 11 is 0. The summed E-state index contributed by atoms with van der Waals surface area (Å²) < 4.78 is 11.7. The van der Waals surface area contributed by atoms with E-state index in [1.54, 1.807) is 0 Å². The lowest BCUT2D eigenvalue weighted by Gasteiger charge is -2.27. The predicted octanol–water partition coefficient (Wildman–Crippen LogP) is -0.175. The van der Waals surface area contributed by atoms with Crippen molar-refractivity contribution in [2.45, 2.75) is 43.5 Å². The van der Waals surface area contributed by atoms with Crippen LogP contribution in [-0.4, -0.2) is 44.8 Å². The Morgan fingerprint density at radius 1 is 1.60 bits per heavy atom. The monoisotopic (exact) mass is 233 g/mol. The zero-order valence-electron chi connectivity index (χ0n) is 9.23. The number of nitrogens with one attached hydrogen (secondary N) is 1. The summed E-state index contributed by atoms with van der Waals surface area (Å²) in [6, 6.07) is 0.312. The van der Waals surface area contributed by atoms with Crippen LogP contribution in [0.5, 0.6) is 0 Å². The van der Waals surface area contributed by atoms with Crippen molar-refractivity contribution in [3.05, 3.63) is 0 Å². The van der Waals surface area contributed by atoms with Crippen molar-refractivity contribution in [2.24, 2.45) is 0 Å². The zero-order chi connectivity index (χ0) is 11.5. The fourth-order valence-corrected chi connectivity index (χ4v) is 2.38. The Morgan fingerprint density at radius 3 is 2.53 bits per heavy atom. The Kier molecular flexibility index (Phi) is 4.43. The standard InChI is InChI=1S/C10H19NO3S/c1-8(2)15(14)7-10(5-12,6-13)11-9-3-4-9/h5,8-9,11,13H,3-4,6-7H2,1-2H3/t10-,15?/m1/s1. The SMILES string of the molecule is CC(C)S(=O)C[C@@](C=O)(CO)NC1CC1. The average Bonchev–Trinajstić information content (AvgIpc) is 3.00. The van der Waals surface area contributed by atoms with Crippen molar-refractivity contribution in [3.8, 4) is 0 Å². The van der Waals surface area contributed by atoms with Crippen LogP contribution in [0.2, 0.25) is 0 Å². The molecule has 0 aromatic carbocycles. The molecule has 0 heterocycles. The second-order valence-electron chi connectivity index (χ2n) is 4.42. The van der Waals surface area contributed by atoms with Gasteiger partial charge in [-0.15, -0.1) is 0 Å². The Bertz CT molecular complexity index is 253. The number of carbonyl (C=O) groups excluding carboxylic acids is 1. The normalized spacial score (nSPS) is 22.4. The molecule has 0 aliphatic heterocycles. The molecule has 1 fully saturated rings. The maximum atomic E-state index is 11.7. The maximum absolute atomic E-state index is 11.7. The molecule has 0 aromatic rings. The van der Waals surface area contributed by atoms with E-state index in [4.69, 9.17) is 0 Å². The molecule has 15 heavy (non-hydrogen) atoms. The van der Waals surface area contributed by atoms with Crippen molar-refractivity contribution in [2.75, 3.05) is 12.4 Å². The Labute approximate surface area is 92.9 Å². The molecule has 0 radical (unpaired) electrons. The van der Waals surface area contributed by atoms with E-state index in [1.165, 1.54) is 0 Å². The van der Waals surface area contributed by atoms with Gasteiger partial charge in [0.25, 0.3) is 0 Å². The molecule has 2 N–H and O–H groups in total. The van der Waals surface area contributed by atoms with Gasteiger partial charge < -0.3 is 9.90 Å². The minimum atomic E-state index is -1.08. The zero-order valence-corrected chi connectivity index (χ0v) is 10.0. The van der Waals surface area contributed by atoms with Crippen LogP contribution in [0, 0.1) is 0 Å². The van der Waals surface area contributed by atoms with Crippen LogP contribution in [0.4, 0.5) is 0 Å². The number of aldehydes is 1. The van der Waals surface area contributed by atoms with E-state index in [0.717, 1.165) is 12.8 Å². The first-order chi connectivity index (χ1) is 7.03. The molecule has 4 nitrogen and oxygen atoms in total. The Balaban J connectivity index is 2.61. The van der Waals surface area contributed by atoms with Gasteiger partial charge in [-0.1, -0.05) is 13.8 Å². The second-order valence-corrected chi connectivity index (χ2v) is 6.42. The summed E-state index contributed by atoms with van der Waals surface area (Å²) in [5, 5.41) is 12.3. The number of aliphatic hydroxyl groups is 1. The molecule has 0 bridgehead atoms. The lowest BCUT2D eigenvalue weighted by molar-refractivity contribution is -0.114. The first-order valence-electron chi connectivity index (χ1n) is 5.25. The molecule has 0 amide bonds. The molecule has 5 heteroatoms. The summed E-state index contributed by atoms with van der Waals surface area (Å²) in [5.41, 5.74) is -1.00. The van der Waals surface area contributed by atoms with Gasteiger partial charge in [0.2, 0.25) is 0 Å². The number of rotatable bonds is 7. The van der Waals surface area contributed by atoms with Crippen molar-refractivity contribution >= 4 is 17.1 Å². The number of hydrogen-bond donors (Lipinski definition) is 2. The van der Waals surface area contributed by atoms with Crippen molar-refractivity contribution in [1.82, 2.24) is 5.32 Å². The fraction of sp³-hybridized carbons (Fsp3) is 0.900. The van der Waals surface area contributed by atoms with E-state index in [0.29, 0.717) is 12.3 Å². The molecule has 0 spiro atoms. The van der Waals surface area contributed by atoms with Gasteiger partial charge in [-0.25, -0.2) is 0 Å². The lowest BCUT2D eigenvalue weighted by Crippen LogP contribution is -2.55. The van der Waals surface area contributed by atoms with Crippen LogP contribution >= 0.6 is 0 Å². The van der Waals surface area contributed by atoms with E-state index in [9.17, 15) is 14.1 Å². The minimum Gasteiger partial charge on any atom is -0.394 e. The van der Waals surface area contributed by atoms with Gasteiger partial charge in [-0.3, -0.25) is 9.53 Å². The molecule has 1 aliphatic rings. The van der Waals surface area contributed by atoms with Gasteiger partial charge in [-0.2, -0.15) is 0 Å². The molecule has 1 unspecified atom stereocenters. The fourth-order valence-electron chi connectivity index (χ4n) is 1.29. The largest absolute Gasteiger partial charge is 0.394 e. The van der Waals surface area contributed by atoms with Crippen LogP contribution in [0.15, 0.2) is 0 Å². The molecule has 0 saturated heterocycles. The summed E-state index contributed by atoms with van der Waals surface area (Å²) in [5.74, 6) is 0.196. The third kappa shape index (κ3) is 3.66. The summed E-state index contributed by atoms with van der Waals surface area (Å²) in [7, 11) is -1.08. The minimum absolute atomic E-state index is 0.0110. The van der Waals surface area contributed by atoms with Gasteiger partial charge in [-0.05, 0) is 12.8 Å². The number of aliphatic hydroxyl groups excluding tert-OH is 1. The van der Waals surface area contributed by atoms with Crippen molar-refractivity contribution < 1.29 is 14.1 Å². The van der Waals surface area contributed by atoms with Crippen LogP contribution in [0.25, 0.3) is 0 Å². The average molecular weight is 233 g/mol. The van der Waals surface area contributed by atoms with Gasteiger partial charge in [0.15, 0.2) is 0 Å². The Morgan fingerprint density at radius 2 is 2.20 bits per heavy atom. The topological polar surface area (TPSA) is 66.4 Å². The third-order valence-corrected chi connectivity index (χ3v) is 4.35. The van der Waals surface area contributed by atoms with Gasteiger partial charge >= 0.3 is 0 Å². The first kappa shape index (κ1) is 12.8. The molecule has 2 atom stereocenters. The quantitative estimate of drug-likeness (QED) is 0.599. The number of carbonyl (C=O) groups is 1.